The molecule has 176 valence electrons. The summed E-state index contributed by atoms with van der Waals surface area (Å²) in [7, 11) is 0. The number of esters is 1. The molecule has 3 aliphatic rings. The van der Waals surface area contributed by atoms with E-state index in [0.717, 1.165) is 43.7 Å². The average Bonchev–Trinajstić information content (AvgIpc) is 3.25. The van der Waals surface area contributed by atoms with Gasteiger partial charge in [0.25, 0.3) is 0 Å². The minimum Gasteiger partial charge on any atom is -0.434 e. The number of nitrogens with zero attached hydrogens (tertiary/aromatic N) is 5. The van der Waals surface area contributed by atoms with Gasteiger partial charge in [-0.15, -0.1) is 0 Å². The minimum absolute atomic E-state index is 0.165. The van der Waals surface area contributed by atoms with E-state index in [2.05, 4.69) is 20.2 Å². The molecule has 11 heteroatoms. The lowest BCUT2D eigenvalue weighted by atomic mass is 10.1. The molecule has 34 heavy (non-hydrogen) atoms. The minimum atomic E-state index is -1.19. The number of nitrogens with one attached hydrogen (secondary N) is 1. The molecular formula is C23H24FN7O3. The van der Waals surface area contributed by atoms with Gasteiger partial charge in [-0.2, -0.15) is 0 Å². The Balaban J connectivity index is 1.44. The summed E-state index contributed by atoms with van der Waals surface area (Å²) >= 11 is 0. The van der Waals surface area contributed by atoms with Gasteiger partial charge in [0.05, 0.1) is 11.4 Å². The Kier molecular flexibility index (Phi) is 4.53. The van der Waals surface area contributed by atoms with E-state index in [4.69, 9.17) is 10.5 Å². The predicted molar refractivity (Wildman–Crippen MR) is 121 cm³/mol. The number of hydrogen-bond donors (Lipinski definition) is 2. The third kappa shape index (κ3) is 3.35. The van der Waals surface area contributed by atoms with Gasteiger partial charge in [0.1, 0.15) is 5.82 Å². The van der Waals surface area contributed by atoms with Crippen LogP contribution in [-0.4, -0.2) is 57.6 Å². The number of nitrogens with two attached hydrogens (primary N) is 1. The van der Waals surface area contributed by atoms with Crippen LogP contribution in [0.25, 0.3) is 5.65 Å². The number of carbonyl (C=O) groups is 2. The van der Waals surface area contributed by atoms with Crippen molar-refractivity contribution in [2.75, 3.05) is 29.4 Å². The molecule has 3 aromatic heterocycles. The summed E-state index contributed by atoms with van der Waals surface area (Å²) in [6, 6.07) is 3.29. The summed E-state index contributed by atoms with van der Waals surface area (Å²) in [5, 5.41) is 3.61. The van der Waals surface area contributed by atoms with Crippen molar-refractivity contribution < 1.29 is 18.7 Å². The van der Waals surface area contributed by atoms with Crippen molar-refractivity contribution in [2.24, 2.45) is 5.73 Å². The van der Waals surface area contributed by atoms with Crippen LogP contribution in [0.5, 0.6) is 0 Å². The first kappa shape index (κ1) is 20.8. The van der Waals surface area contributed by atoms with E-state index in [0.29, 0.717) is 17.2 Å². The van der Waals surface area contributed by atoms with Crippen LogP contribution in [0.15, 0.2) is 30.7 Å². The molecule has 5 heterocycles. The van der Waals surface area contributed by atoms with E-state index >= 15 is 0 Å². The first-order valence-corrected chi connectivity index (χ1v) is 11.3. The van der Waals surface area contributed by atoms with Crippen LogP contribution in [0.2, 0.25) is 0 Å². The molecule has 3 aromatic rings. The standard InChI is InChI=1S/C23H24FN7O3/c1-13-10-30-11-14(8-16(24)21(30)28-13)31-18(34-22(33)19(25)32)9-15-17(2-5-26-20(15)31)29-7-6-27-23(12-29)3-4-23/h2,5,8,10-11,18,27H,3-4,6-7,9,12H2,1H3,(H2,25,32). The van der Waals surface area contributed by atoms with Crippen molar-refractivity contribution in [1.82, 2.24) is 19.7 Å². The van der Waals surface area contributed by atoms with Gasteiger partial charge in [-0.1, -0.05) is 0 Å². The summed E-state index contributed by atoms with van der Waals surface area (Å²) in [4.78, 5) is 36.3. The summed E-state index contributed by atoms with van der Waals surface area (Å²) < 4.78 is 22.0. The third-order valence-electron chi connectivity index (χ3n) is 6.81. The predicted octanol–water partition coefficient (Wildman–Crippen LogP) is 1.17. The number of pyridine rings is 2. The Morgan fingerprint density at radius 2 is 2.15 bits per heavy atom. The molecule has 0 radical (unpaired) electrons. The summed E-state index contributed by atoms with van der Waals surface area (Å²) in [5.74, 6) is -2.30. The maximum absolute atomic E-state index is 14.9. The average molecular weight is 465 g/mol. The van der Waals surface area contributed by atoms with Crippen LogP contribution in [0.3, 0.4) is 0 Å². The van der Waals surface area contributed by atoms with Gasteiger partial charge in [0.2, 0.25) is 0 Å². The maximum atomic E-state index is 14.9. The van der Waals surface area contributed by atoms with E-state index < -0.39 is 23.9 Å². The Labute approximate surface area is 194 Å². The summed E-state index contributed by atoms with van der Waals surface area (Å²) in [6.07, 6.45) is 6.80. The van der Waals surface area contributed by atoms with Crippen molar-refractivity contribution in [3.05, 3.63) is 47.8 Å². The maximum Gasteiger partial charge on any atom is 0.398 e. The van der Waals surface area contributed by atoms with Crippen molar-refractivity contribution in [2.45, 2.75) is 38.0 Å². The molecule has 1 saturated heterocycles. The molecule has 3 N–H and O–H groups in total. The van der Waals surface area contributed by atoms with Gasteiger partial charge in [0, 0.05) is 67.5 Å². The lowest BCUT2D eigenvalue weighted by molar-refractivity contribution is -0.157. The van der Waals surface area contributed by atoms with Gasteiger partial charge in [-0.25, -0.2) is 19.2 Å². The molecule has 1 unspecified atom stereocenters. The molecule has 1 atom stereocenters. The number of fused-ring (bicyclic) bond motifs is 2. The number of hydrogen-bond acceptors (Lipinski definition) is 8. The van der Waals surface area contributed by atoms with Crippen molar-refractivity contribution in [1.29, 1.82) is 0 Å². The highest BCUT2D eigenvalue weighted by Gasteiger charge is 2.46. The molecule has 2 fully saturated rings. The fourth-order valence-electron chi connectivity index (χ4n) is 5.08. The number of ether oxygens (including phenoxy) is 1. The molecule has 1 saturated carbocycles. The Morgan fingerprint density at radius 1 is 1.32 bits per heavy atom. The lowest BCUT2D eigenvalue weighted by Crippen LogP contribution is -2.52. The fraction of sp³-hybridized carbons (Fsp3) is 0.391. The number of halogens is 1. The number of piperazine rings is 1. The lowest BCUT2D eigenvalue weighted by Gasteiger charge is -2.36. The quantitative estimate of drug-likeness (QED) is 0.437. The molecular weight excluding hydrogens is 441 g/mol. The van der Waals surface area contributed by atoms with E-state index in [-0.39, 0.29) is 17.6 Å². The second kappa shape index (κ2) is 7.39. The highest BCUT2D eigenvalue weighted by molar-refractivity contribution is 6.31. The van der Waals surface area contributed by atoms with Gasteiger partial charge in [-0.3, -0.25) is 9.69 Å². The summed E-state index contributed by atoms with van der Waals surface area (Å²) in [5.41, 5.74) is 8.49. The van der Waals surface area contributed by atoms with Crippen LogP contribution >= 0.6 is 0 Å². The van der Waals surface area contributed by atoms with E-state index in [9.17, 15) is 14.0 Å². The number of amides is 1. The topological polar surface area (TPSA) is 118 Å². The van der Waals surface area contributed by atoms with E-state index in [1.807, 2.05) is 6.07 Å². The number of aromatic nitrogens is 3. The van der Waals surface area contributed by atoms with Crippen LogP contribution < -0.4 is 20.9 Å². The number of aryl methyl sites for hydroxylation is 1. The molecule has 1 amide bonds. The second-order valence-corrected chi connectivity index (χ2v) is 9.22. The number of carbonyl (C=O) groups excluding carboxylic acids is 2. The highest BCUT2D eigenvalue weighted by atomic mass is 19.1. The highest BCUT2D eigenvalue weighted by Crippen LogP contribution is 2.44. The van der Waals surface area contributed by atoms with Gasteiger partial charge in [-0.05, 0) is 25.8 Å². The number of primary amides is 1. The van der Waals surface area contributed by atoms with Crippen molar-refractivity contribution >= 4 is 34.7 Å². The van der Waals surface area contributed by atoms with E-state index in [1.54, 1.807) is 34.8 Å². The van der Waals surface area contributed by atoms with Gasteiger partial charge in [0.15, 0.2) is 17.7 Å². The number of imidazole rings is 1. The van der Waals surface area contributed by atoms with E-state index in [1.165, 1.54) is 6.07 Å². The molecule has 0 aromatic carbocycles. The molecule has 1 spiro atoms. The van der Waals surface area contributed by atoms with Crippen molar-refractivity contribution in [3.8, 4) is 0 Å². The van der Waals surface area contributed by atoms with Gasteiger partial charge >= 0.3 is 11.9 Å². The normalized spacial score (nSPS) is 20.6. The first-order chi connectivity index (χ1) is 16.3. The monoisotopic (exact) mass is 465 g/mol. The SMILES string of the molecule is Cc1cn2cc(N3c4nccc(N5CCNC6(CC6)C5)c4CC3OC(=O)C(N)=O)cc(F)c2n1. The Hall–Kier alpha value is -3.73. The first-order valence-electron chi connectivity index (χ1n) is 11.3. The fourth-order valence-corrected chi connectivity index (χ4v) is 5.08. The molecule has 0 bridgehead atoms. The molecule has 6 rings (SSSR count). The molecule has 10 nitrogen and oxygen atoms in total. The van der Waals surface area contributed by atoms with Crippen LogP contribution in [0.1, 0.15) is 24.1 Å². The largest absolute Gasteiger partial charge is 0.434 e. The van der Waals surface area contributed by atoms with Crippen LogP contribution in [-0.2, 0) is 20.7 Å². The van der Waals surface area contributed by atoms with Crippen LogP contribution in [0.4, 0.5) is 21.6 Å². The Bertz CT molecular complexity index is 1340. The molecule has 1 aliphatic carbocycles. The third-order valence-corrected chi connectivity index (χ3v) is 6.81. The zero-order valence-electron chi connectivity index (χ0n) is 18.6. The zero-order chi connectivity index (χ0) is 23.6. The zero-order valence-corrected chi connectivity index (χ0v) is 18.6. The number of anilines is 3. The Morgan fingerprint density at radius 3 is 2.91 bits per heavy atom. The van der Waals surface area contributed by atoms with Crippen LogP contribution in [0, 0.1) is 12.7 Å². The second-order valence-electron chi connectivity index (χ2n) is 9.22. The smallest absolute Gasteiger partial charge is 0.398 e. The molecule has 2 aliphatic heterocycles. The van der Waals surface area contributed by atoms with Crippen molar-refractivity contribution in [3.63, 3.8) is 0 Å². The van der Waals surface area contributed by atoms with Gasteiger partial charge < -0.3 is 25.1 Å². The number of rotatable bonds is 3. The summed E-state index contributed by atoms with van der Waals surface area (Å²) in [6.45, 7) is 4.37.